The van der Waals surface area contributed by atoms with Crippen LogP contribution in [0.2, 0.25) is 0 Å². The molecule has 5 heteroatoms. The third-order valence-corrected chi connectivity index (χ3v) is 2.74. The number of ether oxygens (including phenoxy) is 1. The van der Waals surface area contributed by atoms with Gasteiger partial charge in [0.2, 0.25) is 0 Å². The topological polar surface area (TPSA) is 53.9 Å². The fourth-order valence-electron chi connectivity index (χ4n) is 1.86. The van der Waals surface area contributed by atoms with Crippen molar-refractivity contribution in [3.8, 4) is 5.75 Å². The van der Waals surface area contributed by atoms with Crippen LogP contribution in [-0.4, -0.2) is 33.3 Å². The van der Waals surface area contributed by atoms with Crippen LogP contribution in [0.25, 0.3) is 0 Å². The van der Waals surface area contributed by atoms with E-state index < -0.39 is 0 Å². The summed E-state index contributed by atoms with van der Waals surface area (Å²) in [7, 11) is 1.55. The summed E-state index contributed by atoms with van der Waals surface area (Å²) in [6, 6.07) is 5.47. The van der Waals surface area contributed by atoms with Gasteiger partial charge in [-0.25, -0.2) is 0 Å². The molecule has 1 N–H and O–H groups in total. The third kappa shape index (κ3) is 2.14. The second-order valence-corrected chi connectivity index (χ2v) is 3.68. The zero-order chi connectivity index (χ0) is 11.4. The van der Waals surface area contributed by atoms with Gasteiger partial charge in [0.1, 0.15) is 11.4 Å². The van der Waals surface area contributed by atoms with Gasteiger partial charge in [-0.3, -0.25) is 0 Å². The van der Waals surface area contributed by atoms with Gasteiger partial charge in [-0.1, -0.05) is 0 Å². The van der Waals surface area contributed by atoms with E-state index >= 15 is 0 Å². The highest BCUT2D eigenvalue weighted by molar-refractivity contribution is 5.62. The lowest BCUT2D eigenvalue weighted by Crippen LogP contribution is -2.43. The van der Waals surface area contributed by atoms with Crippen molar-refractivity contribution in [1.82, 2.24) is 5.32 Å². The lowest BCUT2D eigenvalue weighted by molar-refractivity contribution is 0.416. The van der Waals surface area contributed by atoms with E-state index in [1.54, 1.807) is 13.2 Å². The van der Waals surface area contributed by atoms with E-state index in [9.17, 15) is 4.91 Å². The molecule has 0 amide bonds. The molecule has 1 saturated heterocycles. The lowest BCUT2D eigenvalue weighted by atomic mass is 10.2. The normalized spacial score (nSPS) is 15.9. The molecule has 0 radical (unpaired) electrons. The van der Waals surface area contributed by atoms with E-state index in [0.29, 0.717) is 11.4 Å². The zero-order valence-electron chi connectivity index (χ0n) is 9.27. The first-order valence-electron chi connectivity index (χ1n) is 5.32. The Kier molecular flexibility index (Phi) is 3.36. The third-order valence-electron chi connectivity index (χ3n) is 2.74. The second kappa shape index (κ2) is 4.94. The van der Waals surface area contributed by atoms with Crippen molar-refractivity contribution in [3.63, 3.8) is 0 Å². The van der Waals surface area contributed by atoms with Crippen LogP contribution in [0, 0.1) is 4.91 Å². The molecule has 1 heterocycles. The van der Waals surface area contributed by atoms with Crippen LogP contribution in [0.4, 0.5) is 11.4 Å². The number of nitroso groups, excluding NO2 is 1. The summed E-state index contributed by atoms with van der Waals surface area (Å²) >= 11 is 0. The Bertz CT molecular complexity index is 375. The van der Waals surface area contributed by atoms with Gasteiger partial charge in [0.05, 0.1) is 7.11 Å². The largest absolute Gasteiger partial charge is 0.494 e. The molecule has 1 aliphatic rings. The Balaban J connectivity index is 2.24. The Morgan fingerprint density at radius 2 is 2.12 bits per heavy atom. The summed E-state index contributed by atoms with van der Waals surface area (Å²) in [5.41, 5.74) is 1.42. The number of rotatable bonds is 3. The molecule has 2 rings (SSSR count). The van der Waals surface area contributed by atoms with Crippen LogP contribution in [0.5, 0.6) is 5.75 Å². The minimum absolute atomic E-state index is 0.349. The highest BCUT2D eigenvalue weighted by atomic mass is 16.5. The van der Waals surface area contributed by atoms with Crippen molar-refractivity contribution in [3.05, 3.63) is 23.1 Å². The molecular formula is C11H15N3O2. The molecule has 0 aliphatic carbocycles. The molecule has 5 nitrogen and oxygen atoms in total. The summed E-state index contributed by atoms with van der Waals surface area (Å²) in [5, 5.41) is 6.22. The Hall–Kier alpha value is -1.62. The number of nitrogens with zero attached hydrogens (tertiary/aromatic N) is 2. The molecule has 1 aromatic carbocycles. The van der Waals surface area contributed by atoms with Crippen molar-refractivity contribution >= 4 is 11.4 Å². The first-order chi connectivity index (χ1) is 7.85. The number of benzene rings is 1. The minimum Gasteiger partial charge on any atom is -0.494 e. The van der Waals surface area contributed by atoms with E-state index in [0.717, 1.165) is 31.9 Å². The van der Waals surface area contributed by atoms with Gasteiger partial charge in [-0.15, -0.1) is 4.91 Å². The number of anilines is 1. The van der Waals surface area contributed by atoms with Crippen LogP contribution in [0.15, 0.2) is 23.4 Å². The Morgan fingerprint density at radius 3 is 2.75 bits per heavy atom. The van der Waals surface area contributed by atoms with Gasteiger partial charge in [0, 0.05) is 37.9 Å². The quantitative estimate of drug-likeness (QED) is 0.786. The first-order valence-corrected chi connectivity index (χ1v) is 5.32. The van der Waals surface area contributed by atoms with Crippen LogP contribution in [-0.2, 0) is 0 Å². The minimum atomic E-state index is 0.349. The maximum atomic E-state index is 10.5. The van der Waals surface area contributed by atoms with Gasteiger partial charge in [0.25, 0.3) is 0 Å². The summed E-state index contributed by atoms with van der Waals surface area (Å²) in [4.78, 5) is 12.8. The van der Waals surface area contributed by atoms with Crippen LogP contribution in [0.1, 0.15) is 0 Å². The van der Waals surface area contributed by atoms with E-state index in [1.165, 1.54) is 0 Å². The Morgan fingerprint density at radius 1 is 1.38 bits per heavy atom. The highest BCUT2D eigenvalue weighted by Crippen LogP contribution is 2.31. The van der Waals surface area contributed by atoms with E-state index in [1.807, 2.05) is 12.1 Å². The number of piperazine rings is 1. The van der Waals surface area contributed by atoms with Crippen molar-refractivity contribution in [2.45, 2.75) is 0 Å². The summed E-state index contributed by atoms with van der Waals surface area (Å²) in [5.74, 6) is 0.533. The summed E-state index contributed by atoms with van der Waals surface area (Å²) in [6.07, 6.45) is 0. The van der Waals surface area contributed by atoms with Gasteiger partial charge >= 0.3 is 0 Å². The molecule has 1 fully saturated rings. The molecular weight excluding hydrogens is 206 g/mol. The predicted octanol–water partition coefficient (Wildman–Crippen LogP) is 1.50. The summed E-state index contributed by atoms with van der Waals surface area (Å²) in [6.45, 7) is 3.90. The van der Waals surface area contributed by atoms with Crippen LogP contribution >= 0.6 is 0 Å². The highest BCUT2D eigenvalue weighted by Gasteiger charge is 2.12. The Labute approximate surface area is 94.4 Å². The molecule has 0 atom stereocenters. The number of methoxy groups -OCH3 is 1. The van der Waals surface area contributed by atoms with Crippen LogP contribution < -0.4 is 15.0 Å². The molecule has 0 unspecified atom stereocenters. The second-order valence-electron chi connectivity index (χ2n) is 3.68. The van der Waals surface area contributed by atoms with E-state index in [2.05, 4.69) is 15.4 Å². The maximum absolute atomic E-state index is 10.5. The first kappa shape index (κ1) is 10.9. The van der Waals surface area contributed by atoms with Gasteiger partial charge < -0.3 is 15.0 Å². The number of hydrogen-bond acceptors (Lipinski definition) is 5. The smallest absolute Gasteiger partial charge is 0.150 e. The average Bonchev–Trinajstić information content (AvgIpc) is 2.39. The van der Waals surface area contributed by atoms with Crippen molar-refractivity contribution in [2.24, 2.45) is 5.18 Å². The summed E-state index contributed by atoms with van der Waals surface area (Å²) < 4.78 is 5.13. The number of nitrogens with one attached hydrogen (secondary N) is 1. The monoisotopic (exact) mass is 221 g/mol. The van der Waals surface area contributed by atoms with E-state index in [-0.39, 0.29) is 0 Å². The fraction of sp³-hybridized carbons (Fsp3) is 0.455. The van der Waals surface area contributed by atoms with E-state index in [4.69, 9.17) is 4.74 Å². The number of hydrogen-bond donors (Lipinski definition) is 1. The SMILES string of the molecule is COc1cc(N2CCNCC2)ccc1N=O. The molecule has 0 aromatic heterocycles. The molecule has 0 spiro atoms. The van der Waals surface area contributed by atoms with Gasteiger partial charge in [0.15, 0.2) is 0 Å². The van der Waals surface area contributed by atoms with Gasteiger partial charge in [-0.05, 0) is 17.3 Å². The van der Waals surface area contributed by atoms with Crippen molar-refractivity contribution in [1.29, 1.82) is 0 Å². The van der Waals surface area contributed by atoms with Crippen LogP contribution in [0.3, 0.4) is 0 Å². The molecule has 86 valence electrons. The lowest BCUT2D eigenvalue weighted by Gasteiger charge is -2.29. The molecule has 1 aromatic rings. The zero-order valence-corrected chi connectivity index (χ0v) is 9.27. The maximum Gasteiger partial charge on any atom is 0.150 e. The predicted molar refractivity (Wildman–Crippen MR) is 63.5 cm³/mol. The van der Waals surface area contributed by atoms with Gasteiger partial charge in [-0.2, -0.15) is 0 Å². The molecule has 16 heavy (non-hydrogen) atoms. The fourth-order valence-corrected chi connectivity index (χ4v) is 1.86. The van der Waals surface area contributed by atoms with Crippen molar-refractivity contribution < 1.29 is 4.74 Å². The molecule has 0 bridgehead atoms. The average molecular weight is 221 g/mol. The van der Waals surface area contributed by atoms with Crippen molar-refractivity contribution in [2.75, 3.05) is 38.2 Å². The standard InChI is InChI=1S/C11H15N3O2/c1-16-11-8-9(2-3-10(11)13-15)14-6-4-12-5-7-14/h2-3,8,12H,4-7H2,1H3. The molecule has 1 aliphatic heterocycles. The molecule has 0 saturated carbocycles.